The van der Waals surface area contributed by atoms with Crippen LogP contribution in [0.4, 0.5) is 10.5 Å². The van der Waals surface area contributed by atoms with Crippen LogP contribution in [0.2, 0.25) is 5.02 Å². The zero-order valence-corrected chi connectivity index (χ0v) is 12.6. The van der Waals surface area contributed by atoms with Crippen LogP contribution in [0.25, 0.3) is 0 Å². The number of carbonyl (C=O) groups is 2. The molecule has 22 heavy (non-hydrogen) atoms. The highest BCUT2D eigenvalue weighted by Gasteiger charge is 2.42. The van der Waals surface area contributed by atoms with E-state index in [1.807, 2.05) is 0 Å². The summed E-state index contributed by atoms with van der Waals surface area (Å²) in [5.41, 5.74) is -0.504. The van der Waals surface area contributed by atoms with Crippen molar-refractivity contribution >= 4 is 29.3 Å². The lowest BCUT2D eigenvalue weighted by molar-refractivity contribution is -0.146. The third-order valence-electron chi connectivity index (χ3n) is 3.98. The number of fused-ring (bicyclic) bond motifs is 1. The molecule has 0 bridgehead atoms. The number of urea groups is 1. The molecule has 2 N–H and O–H groups in total. The first-order valence-corrected chi connectivity index (χ1v) is 7.15. The molecule has 2 aliphatic rings. The number of nitrogens with zero attached hydrogens (tertiary/aromatic N) is 1. The van der Waals surface area contributed by atoms with E-state index in [9.17, 15) is 14.7 Å². The van der Waals surface area contributed by atoms with Gasteiger partial charge in [-0.15, -0.1) is 0 Å². The second-order valence-corrected chi connectivity index (χ2v) is 6.06. The first-order chi connectivity index (χ1) is 10.4. The molecule has 0 aromatic heterocycles. The Labute approximate surface area is 131 Å². The number of benzene rings is 1. The third kappa shape index (κ3) is 2.52. The number of likely N-dealkylation sites (tertiary alicyclic amines) is 1. The van der Waals surface area contributed by atoms with Gasteiger partial charge in [-0.05, 0) is 13.3 Å². The number of aliphatic carboxylic acids is 1. The zero-order chi connectivity index (χ0) is 15.9. The number of halogens is 1. The maximum Gasteiger partial charge on any atom is 0.321 e. The fourth-order valence-electron chi connectivity index (χ4n) is 2.52. The van der Waals surface area contributed by atoms with Crippen molar-refractivity contribution in [2.45, 2.75) is 13.3 Å². The lowest BCUT2D eigenvalue weighted by atomic mass is 9.90. The fourth-order valence-corrected chi connectivity index (χ4v) is 2.72. The predicted octanol–water partition coefficient (Wildman–Crippen LogP) is 2.40. The molecule has 0 radical (unpaired) electrons. The van der Waals surface area contributed by atoms with E-state index in [0.29, 0.717) is 35.2 Å². The van der Waals surface area contributed by atoms with Gasteiger partial charge in [0.25, 0.3) is 0 Å². The van der Waals surface area contributed by atoms with Crippen molar-refractivity contribution in [3.05, 3.63) is 17.2 Å². The molecule has 2 amide bonds. The van der Waals surface area contributed by atoms with Crippen molar-refractivity contribution < 1.29 is 24.2 Å². The summed E-state index contributed by atoms with van der Waals surface area (Å²) in [5, 5.41) is 12.2. The molecule has 1 aromatic carbocycles. The minimum atomic E-state index is -0.907. The number of carboxylic acids is 1. The monoisotopic (exact) mass is 326 g/mol. The van der Waals surface area contributed by atoms with E-state index in [-0.39, 0.29) is 19.4 Å². The van der Waals surface area contributed by atoms with E-state index in [4.69, 9.17) is 21.1 Å². The minimum Gasteiger partial charge on any atom is -0.481 e. The molecular weight excluding hydrogens is 312 g/mol. The van der Waals surface area contributed by atoms with Crippen molar-refractivity contribution in [3.8, 4) is 11.5 Å². The highest BCUT2D eigenvalue weighted by atomic mass is 35.5. The Bertz CT molecular complexity index is 650. The van der Waals surface area contributed by atoms with E-state index < -0.39 is 11.4 Å². The van der Waals surface area contributed by atoms with E-state index in [1.165, 1.54) is 4.90 Å². The highest BCUT2D eigenvalue weighted by Crippen LogP contribution is 2.39. The van der Waals surface area contributed by atoms with Gasteiger partial charge in [0.05, 0.1) is 16.1 Å². The average Bonchev–Trinajstić information content (AvgIpc) is 3.06. The number of anilines is 1. The standard InChI is InChI=1S/C14H15ClN2O5/c1-14(12(18)19)2-3-17(6-14)13(20)16-9-5-11-10(4-8(9)15)21-7-22-11/h4-5H,2-3,6-7H2,1H3,(H,16,20)(H,18,19). The summed E-state index contributed by atoms with van der Waals surface area (Å²) in [6.45, 7) is 2.30. The van der Waals surface area contributed by atoms with Gasteiger partial charge in [-0.25, -0.2) is 4.79 Å². The van der Waals surface area contributed by atoms with Gasteiger partial charge in [-0.2, -0.15) is 0 Å². The van der Waals surface area contributed by atoms with Crippen LogP contribution in [0.3, 0.4) is 0 Å². The molecule has 1 aromatic rings. The van der Waals surface area contributed by atoms with Crippen LogP contribution < -0.4 is 14.8 Å². The fraction of sp³-hybridized carbons (Fsp3) is 0.429. The molecule has 118 valence electrons. The summed E-state index contributed by atoms with van der Waals surface area (Å²) in [7, 11) is 0. The summed E-state index contributed by atoms with van der Waals surface area (Å²) in [5.74, 6) is 0.142. The molecule has 2 heterocycles. The number of carboxylic acid groups (broad SMARTS) is 1. The van der Waals surface area contributed by atoms with Gasteiger partial charge >= 0.3 is 12.0 Å². The molecule has 1 fully saturated rings. The van der Waals surface area contributed by atoms with Gasteiger partial charge in [0.1, 0.15) is 0 Å². The van der Waals surface area contributed by atoms with Gasteiger partial charge in [0, 0.05) is 25.2 Å². The number of nitrogens with one attached hydrogen (secondary N) is 1. The lowest BCUT2D eigenvalue weighted by Crippen LogP contribution is -2.37. The van der Waals surface area contributed by atoms with Crippen molar-refractivity contribution in [3.63, 3.8) is 0 Å². The number of rotatable bonds is 2. The van der Waals surface area contributed by atoms with Crippen molar-refractivity contribution in [2.75, 3.05) is 25.2 Å². The molecule has 8 heteroatoms. The van der Waals surface area contributed by atoms with Crippen LogP contribution in [0, 0.1) is 5.41 Å². The SMILES string of the molecule is CC1(C(=O)O)CCN(C(=O)Nc2cc3c(cc2Cl)OCO3)C1. The number of carbonyl (C=O) groups excluding carboxylic acids is 1. The maximum absolute atomic E-state index is 12.3. The molecule has 7 nitrogen and oxygen atoms in total. The summed E-state index contributed by atoms with van der Waals surface area (Å²) in [4.78, 5) is 25.0. The van der Waals surface area contributed by atoms with Gasteiger partial charge in [-0.1, -0.05) is 11.6 Å². The lowest BCUT2D eigenvalue weighted by Gasteiger charge is -2.21. The predicted molar refractivity (Wildman–Crippen MR) is 78.5 cm³/mol. The van der Waals surface area contributed by atoms with E-state index >= 15 is 0 Å². The Balaban J connectivity index is 1.72. The molecule has 1 atom stereocenters. The average molecular weight is 327 g/mol. The number of hydrogen-bond donors (Lipinski definition) is 2. The van der Waals surface area contributed by atoms with Crippen LogP contribution in [0.5, 0.6) is 11.5 Å². The van der Waals surface area contributed by atoms with Crippen molar-refractivity contribution in [2.24, 2.45) is 5.41 Å². The second kappa shape index (κ2) is 5.24. The summed E-state index contributed by atoms with van der Waals surface area (Å²) in [6.07, 6.45) is 0.421. The summed E-state index contributed by atoms with van der Waals surface area (Å²) in [6, 6.07) is 2.78. The molecule has 0 spiro atoms. The first kappa shape index (κ1) is 14.8. The molecule has 1 unspecified atom stereocenters. The number of ether oxygens (including phenoxy) is 2. The van der Waals surface area contributed by atoms with Gasteiger partial charge < -0.3 is 24.8 Å². The largest absolute Gasteiger partial charge is 0.481 e. The van der Waals surface area contributed by atoms with Gasteiger partial charge in [-0.3, -0.25) is 4.79 Å². The first-order valence-electron chi connectivity index (χ1n) is 6.77. The molecule has 0 aliphatic carbocycles. The van der Waals surface area contributed by atoms with Crippen LogP contribution >= 0.6 is 11.6 Å². The molecule has 1 saturated heterocycles. The summed E-state index contributed by atoms with van der Waals surface area (Å²) >= 11 is 6.10. The third-order valence-corrected chi connectivity index (χ3v) is 4.29. The molecule has 0 saturated carbocycles. The molecular formula is C14H15ClN2O5. The zero-order valence-electron chi connectivity index (χ0n) is 11.9. The van der Waals surface area contributed by atoms with Crippen LogP contribution in [-0.2, 0) is 4.79 Å². The minimum absolute atomic E-state index is 0.117. The number of hydrogen-bond acceptors (Lipinski definition) is 4. The van der Waals surface area contributed by atoms with E-state index in [0.717, 1.165) is 0 Å². The smallest absolute Gasteiger partial charge is 0.321 e. The normalized spacial score (nSPS) is 22.7. The Morgan fingerprint density at radius 3 is 2.68 bits per heavy atom. The highest BCUT2D eigenvalue weighted by molar-refractivity contribution is 6.34. The Morgan fingerprint density at radius 2 is 2.05 bits per heavy atom. The second-order valence-electron chi connectivity index (χ2n) is 5.65. The Morgan fingerprint density at radius 1 is 1.36 bits per heavy atom. The Hall–Kier alpha value is -2.15. The van der Waals surface area contributed by atoms with Crippen LogP contribution in [0.15, 0.2) is 12.1 Å². The quantitative estimate of drug-likeness (QED) is 0.871. The molecule has 3 rings (SSSR count). The van der Waals surface area contributed by atoms with E-state index in [1.54, 1.807) is 19.1 Å². The van der Waals surface area contributed by atoms with Crippen LogP contribution in [0.1, 0.15) is 13.3 Å². The summed E-state index contributed by atoms with van der Waals surface area (Å²) < 4.78 is 10.4. The molecule has 2 aliphatic heterocycles. The topological polar surface area (TPSA) is 88.1 Å². The van der Waals surface area contributed by atoms with Gasteiger partial charge in [0.15, 0.2) is 11.5 Å². The van der Waals surface area contributed by atoms with Crippen LogP contribution in [-0.4, -0.2) is 41.9 Å². The van der Waals surface area contributed by atoms with Crippen molar-refractivity contribution in [1.82, 2.24) is 4.90 Å². The van der Waals surface area contributed by atoms with Crippen molar-refractivity contribution in [1.29, 1.82) is 0 Å². The maximum atomic E-state index is 12.3. The number of amides is 2. The van der Waals surface area contributed by atoms with Gasteiger partial charge in [0.2, 0.25) is 6.79 Å². The van der Waals surface area contributed by atoms with E-state index in [2.05, 4.69) is 5.32 Å². The Kier molecular flexibility index (Phi) is 3.52.